The number of thiazole rings is 1. The number of aryl methyl sites for hydroxylation is 1. The molecule has 0 aliphatic heterocycles. The number of hydrogen-bond acceptors (Lipinski definition) is 5. The Bertz CT molecular complexity index is 569. The van der Waals surface area contributed by atoms with Gasteiger partial charge in [0.15, 0.2) is 0 Å². The van der Waals surface area contributed by atoms with Crippen LogP contribution in [0.2, 0.25) is 0 Å². The van der Waals surface area contributed by atoms with Crippen molar-refractivity contribution in [2.45, 2.75) is 26.8 Å². The van der Waals surface area contributed by atoms with Gasteiger partial charge < -0.3 is 10.6 Å². The molecule has 20 heavy (non-hydrogen) atoms. The van der Waals surface area contributed by atoms with Crippen LogP contribution in [0.1, 0.15) is 35.6 Å². The maximum Gasteiger partial charge on any atom is 0.251 e. The highest BCUT2D eigenvalue weighted by molar-refractivity contribution is 7.07. The van der Waals surface area contributed by atoms with E-state index in [1.54, 1.807) is 11.6 Å². The van der Waals surface area contributed by atoms with E-state index in [-0.39, 0.29) is 5.91 Å². The van der Waals surface area contributed by atoms with Crippen molar-refractivity contribution < 1.29 is 4.79 Å². The van der Waals surface area contributed by atoms with E-state index in [1.165, 1.54) is 11.3 Å². The van der Waals surface area contributed by atoms with Crippen LogP contribution in [0.25, 0.3) is 0 Å². The minimum atomic E-state index is -0.103. The molecule has 2 aromatic rings. The summed E-state index contributed by atoms with van der Waals surface area (Å²) in [5.74, 6) is 0.639. The molecule has 2 rings (SSSR count). The molecule has 2 N–H and O–H groups in total. The molecule has 0 aromatic carbocycles. The Labute approximate surface area is 122 Å². The van der Waals surface area contributed by atoms with Gasteiger partial charge in [-0.05, 0) is 25.5 Å². The second-order valence-corrected chi connectivity index (χ2v) is 5.00. The van der Waals surface area contributed by atoms with Crippen molar-refractivity contribution in [3.05, 3.63) is 40.0 Å². The molecule has 0 fully saturated rings. The van der Waals surface area contributed by atoms with E-state index in [1.807, 2.05) is 25.3 Å². The maximum absolute atomic E-state index is 12.2. The van der Waals surface area contributed by atoms with Crippen LogP contribution in [-0.2, 0) is 13.0 Å². The van der Waals surface area contributed by atoms with Crippen LogP contribution in [0.3, 0.4) is 0 Å². The Balaban J connectivity index is 2.09. The zero-order valence-corrected chi connectivity index (χ0v) is 12.5. The largest absolute Gasteiger partial charge is 0.370 e. The molecule has 2 heterocycles. The Morgan fingerprint density at radius 3 is 2.80 bits per heavy atom. The van der Waals surface area contributed by atoms with Crippen molar-refractivity contribution in [2.24, 2.45) is 0 Å². The number of amides is 1. The number of anilines is 1. The predicted molar refractivity (Wildman–Crippen MR) is 81.1 cm³/mol. The number of hydrogen-bond donors (Lipinski definition) is 2. The Hall–Kier alpha value is -1.95. The van der Waals surface area contributed by atoms with E-state index >= 15 is 0 Å². The number of rotatable bonds is 6. The van der Waals surface area contributed by atoms with Gasteiger partial charge in [-0.1, -0.05) is 6.92 Å². The molecule has 0 radical (unpaired) electrons. The Morgan fingerprint density at radius 1 is 1.30 bits per heavy atom. The highest BCUT2D eigenvalue weighted by Gasteiger charge is 2.09. The molecular weight excluding hydrogens is 272 g/mol. The molecule has 0 spiro atoms. The number of aromatic nitrogens is 2. The zero-order valence-electron chi connectivity index (χ0n) is 11.6. The SMILES string of the molecule is CCNc1cc(C(=O)NCc2cscn2)cc(CC)n1. The molecule has 0 atom stereocenters. The fourth-order valence-electron chi connectivity index (χ4n) is 1.77. The quantitative estimate of drug-likeness (QED) is 0.857. The molecule has 106 valence electrons. The lowest BCUT2D eigenvalue weighted by atomic mass is 10.2. The standard InChI is InChI=1S/C14H18N4OS/c1-3-11-5-10(6-13(18-11)15-4-2)14(19)16-7-12-8-20-9-17-12/h5-6,8-9H,3-4,7H2,1-2H3,(H,15,18)(H,16,19). The normalized spacial score (nSPS) is 10.3. The van der Waals surface area contributed by atoms with Crippen molar-refractivity contribution in [1.82, 2.24) is 15.3 Å². The van der Waals surface area contributed by atoms with Gasteiger partial charge in [0.05, 0.1) is 17.7 Å². The number of nitrogens with zero attached hydrogens (tertiary/aromatic N) is 2. The third kappa shape index (κ3) is 3.77. The molecule has 6 heteroatoms. The topological polar surface area (TPSA) is 66.9 Å². The van der Waals surface area contributed by atoms with Crippen LogP contribution in [-0.4, -0.2) is 22.4 Å². The van der Waals surface area contributed by atoms with Crippen molar-refractivity contribution in [3.63, 3.8) is 0 Å². The predicted octanol–water partition coefficient (Wildman–Crippen LogP) is 2.46. The van der Waals surface area contributed by atoms with E-state index in [4.69, 9.17) is 0 Å². The third-order valence-corrected chi connectivity index (χ3v) is 3.41. The number of carbonyl (C=O) groups excluding carboxylic acids is 1. The molecule has 5 nitrogen and oxygen atoms in total. The second kappa shape index (κ2) is 7.00. The summed E-state index contributed by atoms with van der Waals surface area (Å²) in [7, 11) is 0. The summed E-state index contributed by atoms with van der Waals surface area (Å²) in [6, 6.07) is 3.61. The highest BCUT2D eigenvalue weighted by Crippen LogP contribution is 2.11. The van der Waals surface area contributed by atoms with Crippen LogP contribution in [0.15, 0.2) is 23.0 Å². The molecule has 0 saturated carbocycles. The third-order valence-electron chi connectivity index (χ3n) is 2.77. The lowest BCUT2D eigenvalue weighted by Gasteiger charge is -2.09. The van der Waals surface area contributed by atoms with Gasteiger partial charge in [0.2, 0.25) is 0 Å². The van der Waals surface area contributed by atoms with Crippen molar-refractivity contribution >= 4 is 23.1 Å². The first-order chi connectivity index (χ1) is 9.72. The van der Waals surface area contributed by atoms with E-state index in [0.717, 1.165) is 30.2 Å². The van der Waals surface area contributed by atoms with Crippen LogP contribution in [0.5, 0.6) is 0 Å². The Morgan fingerprint density at radius 2 is 2.15 bits per heavy atom. The molecular formula is C14H18N4OS. The van der Waals surface area contributed by atoms with Crippen LogP contribution in [0, 0.1) is 0 Å². The molecule has 0 saturated heterocycles. The van der Waals surface area contributed by atoms with Crippen LogP contribution in [0.4, 0.5) is 5.82 Å². The number of pyridine rings is 1. The smallest absolute Gasteiger partial charge is 0.251 e. The molecule has 0 aliphatic rings. The van der Waals surface area contributed by atoms with Gasteiger partial charge in [-0.25, -0.2) is 9.97 Å². The van der Waals surface area contributed by atoms with Gasteiger partial charge in [0.25, 0.3) is 5.91 Å². The van der Waals surface area contributed by atoms with E-state index in [9.17, 15) is 4.79 Å². The van der Waals surface area contributed by atoms with Gasteiger partial charge in [0.1, 0.15) is 5.82 Å². The van der Waals surface area contributed by atoms with Crippen LogP contribution < -0.4 is 10.6 Å². The number of carbonyl (C=O) groups is 1. The van der Waals surface area contributed by atoms with Crippen LogP contribution >= 0.6 is 11.3 Å². The zero-order chi connectivity index (χ0) is 14.4. The van der Waals surface area contributed by atoms with Gasteiger partial charge in [-0.15, -0.1) is 11.3 Å². The summed E-state index contributed by atoms with van der Waals surface area (Å²) in [5.41, 5.74) is 4.16. The lowest BCUT2D eigenvalue weighted by Crippen LogP contribution is -2.23. The summed E-state index contributed by atoms with van der Waals surface area (Å²) in [5, 5.41) is 7.94. The summed E-state index contributed by atoms with van der Waals surface area (Å²) in [4.78, 5) is 20.7. The average molecular weight is 290 g/mol. The molecule has 0 bridgehead atoms. The fourth-order valence-corrected chi connectivity index (χ4v) is 2.33. The summed E-state index contributed by atoms with van der Waals surface area (Å²) in [6.07, 6.45) is 0.797. The first-order valence-electron chi connectivity index (χ1n) is 6.63. The van der Waals surface area contributed by atoms with Gasteiger partial charge in [0, 0.05) is 23.2 Å². The minimum Gasteiger partial charge on any atom is -0.370 e. The first kappa shape index (κ1) is 14.5. The number of nitrogens with one attached hydrogen (secondary N) is 2. The lowest BCUT2D eigenvalue weighted by molar-refractivity contribution is 0.0950. The van der Waals surface area contributed by atoms with E-state index in [2.05, 4.69) is 20.6 Å². The van der Waals surface area contributed by atoms with Gasteiger partial charge in [-0.2, -0.15) is 0 Å². The van der Waals surface area contributed by atoms with Gasteiger partial charge in [-0.3, -0.25) is 4.79 Å². The fraction of sp³-hybridized carbons (Fsp3) is 0.357. The molecule has 1 amide bonds. The maximum atomic E-state index is 12.2. The van der Waals surface area contributed by atoms with Crippen molar-refractivity contribution in [1.29, 1.82) is 0 Å². The summed E-state index contributed by atoms with van der Waals surface area (Å²) in [6.45, 7) is 5.25. The average Bonchev–Trinajstić information content (AvgIpc) is 2.98. The second-order valence-electron chi connectivity index (χ2n) is 4.28. The van der Waals surface area contributed by atoms with Gasteiger partial charge >= 0.3 is 0 Å². The first-order valence-corrected chi connectivity index (χ1v) is 7.57. The molecule has 0 unspecified atom stereocenters. The highest BCUT2D eigenvalue weighted by atomic mass is 32.1. The van der Waals surface area contributed by atoms with Crippen molar-refractivity contribution in [3.8, 4) is 0 Å². The summed E-state index contributed by atoms with van der Waals surface area (Å²) >= 11 is 1.52. The molecule has 2 aromatic heterocycles. The van der Waals surface area contributed by atoms with E-state index < -0.39 is 0 Å². The summed E-state index contributed by atoms with van der Waals surface area (Å²) < 4.78 is 0. The minimum absolute atomic E-state index is 0.103. The molecule has 0 aliphatic carbocycles. The Kier molecular flexibility index (Phi) is 5.06. The van der Waals surface area contributed by atoms with E-state index in [0.29, 0.717) is 12.1 Å². The monoisotopic (exact) mass is 290 g/mol. The van der Waals surface area contributed by atoms with Crippen molar-refractivity contribution in [2.75, 3.05) is 11.9 Å².